The molecule has 7 heteroatoms. The summed E-state index contributed by atoms with van der Waals surface area (Å²) in [5.41, 5.74) is 0. The van der Waals surface area contributed by atoms with Gasteiger partial charge in [0.1, 0.15) is 7.85 Å². The molecule has 0 spiro atoms. The van der Waals surface area contributed by atoms with E-state index < -0.39 is 20.3 Å². The van der Waals surface area contributed by atoms with Gasteiger partial charge in [-0.1, -0.05) is 5.09 Å². The molecule has 12 heavy (non-hydrogen) atoms. The Hall–Kier alpha value is 0.00494. The molecule has 0 aromatic heterocycles. The summed E-state index contributed by atoms with van der Waals surface area (Å²) in [7, 11) is 3.01. The summed E-state index contributed by atoms with van der Waals surface area (Å²) < 4.78 is 15.4. The van der Waals surface area contributed by atoms with Gasteiger partial charge in [-0.15, -0.1) is 4.89 Å². The Bertz CT molecular complexity index is 181. The molecule has 0 aromatic carbocycles. The van der Waals surface area contributed by atoms with E-state index in [0.29, 0.717) is 6.42 Å². The number of nitrogens with one attached hydrogen (secondary N) is 1. The van der Waals surface area contributed by atoms with Gasteiger partial charge in [0.25, 0.3) is 0 Å². The highest BCUT2D eigenvalue weighted by Gasteiger charge is 2.36. The summed E-state index contributed by atoms with van der Waals surface area (Å²) in [6, 6.07) is -0.798. The summed E-state index contributed by atoms with van der Waals surface area (Å²) in [6.45, 7) is -0.200. The Morgan fingerprint density at radius 2 is 2.42 bits per heavy atom. The average Bonchev–Trinajstić information content (AvgIpc) is 2.29. The molecule has 0 aromatic rings. The lowest BCUT2D eigenvalue weighted by molar-refractivity contribution is 0.0358. The van der Waals surface area contributed by atoms with Crippen LogP contribution < -0.4 is 5.09 Å². The number of ether oxygens (including phenoxy) is 1. The van der Waals surface area contributed by atoms with Crippen molar-refractivity contribution < 1.29 is 19.3 Å². The van der Waals surface area contributed by atoms with Gasteiger partial charge >= 0.3 is 8.18 Å². The molecule has 5 nitrogen and oxygen atoms in total. The molecule has 66 valence electrons. The van der Waals surface area contributed by atoms with Crippen LogP contribution in [0.3, 0.4) is 0 Å². The van der Waals surface area contributed by atoms with E-state index in [9.17, 15) is 4.57 Å². The zero-order valence-electron chi connectivity index (χ0n) is 6.38. The first kappa shape index (κ1) is 10.1. The lowest BCUT2D eigenvalue weighted by atomic mass is 9.95. The first-order valence-electron chi connectivity index (χ1n) is 3.57. The van der Waals surface area contributed by atoms with E-state index >= 15 is 0 Å². The first-order chi connectivity index (χ1) is 5.63. The van der Waals surface area contributed by atoms with Crippen LogP contribution in [-0.2, 0) is 9.30 Å². The van der Waals surface area contributed by atoms with Gasteiger partial charge in [-0.3, -0.25) is 0 Å². The summed E-state index contributed by atoms with van der Waals surface area (Å²) in [5, 5.41) is 11.1. The van der Waals surface area contributed by atoms with Crippen LogP contribution in [0.2, 0.25) is 0 Å². The number of hydrogen-bond donors (Lipinski definition) is 3. The van der Waals surface area contributed by atoms with Gasteiger partial charge in [0, 0.05) is 6.00 Å². The van der Waals surface area contributed by atoms with Gasteiger partial charge in [-0.2, -0.15) is 0 Å². The molecule has 1 heterocycles. The maximum atomic E-state index is 10.4. The lowest BCUT2D eigenvalue weighted by Gasteiger charge is -2.10. The molecular formula is C5H10BNO4P+. The number of hydrogen-bond acceptors (Lipinski definition) is 3. The van der Waals surface area contributed by atoms with Gasteiger partial charge in [0.05, 0.1) is 18.8 Å². The van der Waals surface area contributed by atoms with Gasteiger partial charge < -0.3 is 9.84 Å². The molecule has 0 amide bonds. The molecule has 0 aliphatic carbocycles. The summed E-state index contributed by atoms with van der Waals surface area (Å²) >= 11 is 0. The molecule has 4 unspecified atom stereocenters. The molecular weight excluding hydrogens is 180 g/mol. The normalized spacial score (nSPS) is 36.8. The van der Waals surface area contributed by atoms with Crippen LogP contribution >= 0.6 is 8.18 Å². The first-order valence-corrected chi connectivity index (χ1v) is 4.79. The van der Waals surface area contributed by atoms with Crippen LogP contribution in [0, 0.1) is 0 Å². The zero-order valence-corrected chi connectivity index (χ0v) is 7.28. The number of rotatable bonds is 3. The van der Waals surface area contributed by atoms with Crippen molar-refractivity contribution in [3.63, 3.8) is 0 Å². The SMILES string of the molecule is [B]C1CC(N[P+](=O)O)C(CO)O1. The highest BCUT2D eigenvalue weighted by atomic mass is 31.1. The third-order valence-corrected chi connectivity index (χ3v) is 2.29. The van der Waals surface area contributed by atoms with Crippen LogP contribution in [0.15, 0.2) is 0 Å². The second-order valence-electron chi connectivity index (χ2n) is 2.64. The fraction of sp³-hybridized carbons (Fsp3) is 1.00. The van der Waals surface area contributed by atoms with Crippen molar-refractivity contribution >= 4 is 16.0 Å². The molecule has 1 aliphatic rings. The van der Waals surface area contributed by atoms with Gasteiger partial charge in [-0.25, -0.2) is 0 Å². The maximum absolute atomic E-state index is 10.4. The molecule has 0 bridgehead atoms. The molecule has 1 fully saturated rings. The summed E-state index contributed by atoms with van der Waals surface area (Å²) in [5.74, 6) is 0. The van der Waals surface area contributed by atoms with Crippen molar-refractivity contribution in [2.24, 2.45) is 0 Å². The van der Waals surface area contributed by atoms with Crippen LogP contribution in [0.25, 0.3) is 0 Å². The van der Waals surface area contributed by atoms with Crippen LogP contribution in [0.5, 0.6) is 0 Å². The molecule has 0 saturated carbocycles. The minimum Gasteiger partial charge on any atom is -0.394 e. The number of aliphatic hydroxyl groups excluding tert-OH is 1. The molecule has 1 saturated heterocycles. The van der Waals surface area contributed by atoms with Crippen molar-refractivity contribution in [1.29, 1.82) is 0 Å². The minimum absolute atomic E-state index is 0.200. The molecule has 1 aliphatic heterocycles. The highest BCUT2D eigenvalue weighted by Crippen LogP contribution is 2.22. The lowest BCUT2D eigenvalue weighted by Crippen LogP contribution is -2.34. The van der Waals surface area contributed by atoms with E-state index in [2.05, 4.69) is 5.09 Å². The number of aliphatic hydroxyl groups is 1. The Morgan fingerprint density at radius 3 is 2.92 bits per heavy atom. The van der Waals surface area contributed by atoms with Crippen molar-refractivity contribution in [3.8, 4) is 0 Å². The van der Waals surface area contributed by atoms with Gasteiger partial charge in [0.15, 0.2) is 0 Å². The van der Waals surface area contributed by atoms with E-state index in [1.165, 1.54) is 0 Å². The topological polar surface area (TPSA) is 78.8 Å². The van der Waals surface area contributed by atoms with E-state index in [4.69, 9.17) is 22.6 Å². The average molecular weight is 190 g/mol. The maximum Gasteiger partial charge on any atom is 0.610 e. The predicted molar refractivity (Wildman–Crippen MR) is 42.9 cm³/mol. The van der Waals surface area contributed by atoms with E-state index in [1.807, 2.05) is 0 Å². The van der Waals surface area contributed by atoms with E-state index in [0.717, 1.165) is 0 Å². The Kier molecular flexibility index (Phi) is 3.62. The quantitative estimate of drug-likeness (QED) is 0.387. The minimum atomic E-state index is -2.41. The second kappa shape index (κ2) is 4.30. The van der Waals surface area contributed by atoms with Crippen molar-refractivity contribution in [1.82, 2.24) is 5.09 Å². The smallest absolute Gasteiger partial charge is 0.394 e. The highest BCUT2D eigenvalue weighted by molar-refractivity contribution is 7.35. The fourth-order valence-corrected chi connectivity index (χ4v) is 1.78. The van der Waals surface area contributed by atoms with Gasteiger partial charge in [0.2, 0.25) is 0 Å². The molecule has 1 rings (SSSR count). The molecule has 4 atom stereocenters. The van der Waals surface area contributed by atoms with Crippen molar-refractivity contribution in [2.45, 2.75) is 24.6 Å². The summed E-state index contributed by atoms with van der Waals surface area (Å²) in [4.78, 5) is 8.53. The van der Waals surface area contributed by atoms with E-state index in [-0.39, 0.29) is 12.6 Å². The van der Waals surface area contributed by atoms with E-state index in [1.54, 1.807) is 0 Å². The Balaban J connectivity index is 2.46. The van der Waals surface area contributed by atoms with Crippen LogP contribution in [0.1, 0.15) is 6.42 Å². The fourth-order valence-electron chi connectivity index (χ4n) is 1.22. The standard InChI is InChI=1S/C5H9BNO4P/c6-5-1-3(7-12(9)10)4(2-8)11-5/h3-5,8H,1-2H2,(H-,7,9,10)/p+1. The monoisotopic (exact) mass is 190 g/mol. The van der Waals surface area contributed by atoms with Crippen molar-refractivity contribution in [2.75, 3.05) is 6.61 Å². The van der Waals surface area contributed by atoms with Crippen LogP contribution in [0.4, 0.5) is 0 Å². The molecule has 2 radical (unpaired) electrons. The van der Waals surface area contributed by atoms with Crippen LogP contribution in [-0.4, -0.2) is 42.6 Å². The second-order valence-corrected chi connectivity index (χ2v) is 3.44. The molecule has 3 N–H and O–H groups in total. The van der Waals surface area contributed by atoms with Crippen molar-refractivity contribution in [3.05, 3.63) is 0 Å². The predicted octanol–water partition coefficient (Wildman–Crippen LogP) is -1.13. The Labute approximate surface area is 72.4 Å². The summed E-state index contributed by atoms with van der Waals surface area (Å²) in [6.07, 6.45) is -0.0431. The Morgan fingerprint density at radius 1 is 1.75 bits per heavy atom. The van der Waals surface area contributed by atoms with Gasteiger partial charge in [-0.05, 0) is 11.0 Å². The largest absolute Gasteiger partial charge is 0.610 e. The third-order valence-electron chi connectivity index (χ3n) is 1.74. The third kappa shape index (κ3) is 2.50. The zero-order chi connectivity index (χ0) is 9.14.